The van der Waals surface area contributed by atoms with Gasteiger partial charge < -0.3 is 21.3 Å². The lowest BCUT2D eigenvalue weighted by Gasteiger charge is -2.06. The number of nitrogen functional groups attached to an aromatic ring is 1. The van der Waals surface area contributed by atoms with Crippen LogP contribution < -0.4 is 11.1 Å². The number of rotatable bonds is 5. The molecule has 1 heterocycles. The number of nitrogens with two attached hydrogens (primary N) is 1. The third-order valence-electron chi connectivity index (χ3n) is 2.26. The minimum Gasteiger partial charge on any atom is -0.507 e. The standard InChI is InChI=1S/C11H10N4O4S2/c12-10-14-15-11(21-10)20-4-8(17)13-5-1-2-7(16)6(3-5)9(18)19/h1-3,16H,4H2,(H2,12,14)(H,13,17)(H,18,19). The first-order chi connectivity index (χ1) is 9.95. The Kier molecular flexibility index (Phi) is 4.60. The van der Waals surface area contributed by atoms with Crippen molar-refractivity contribution in [2.45, 2.75) is 4.34 Å². The number of aromatic carboxylic acids is 1. The van der Waals surface area contributed by atoms with Crippen molar-refractivity contribution in [3.8, 4) is 5.75 Å². The monoisotopic (exact) mass is 326 g/mol. The van der Waals surface area contributed by atoms with Gasteiger partial charge in [0, 0.05) is 5.69 Å². The van der Waals surface area contributed by atoms with Crippen molar-refractivity contribution in [1.82, 2.24) is 10.2 Å². The van der Waals surface area contributed by atoms with Gasteiger partial charge in [0.2, 0.25) is 11.0 Å². The maximum atomic E-state index is 11.7. The maximum absolute atomic E-state index is 11.7. The molecule has 10 heteroatoms. The Labute approximate surface area is 127 Å². The predicted molar refractivity (Wildman–Crippen MR) is 78.7 cm³/mol. The van der Waals surface area contributed by atoms with Crippen LogP contribution in [0.15, 0.2) is 22.5 Å². The summed E-state index contributed by atoms with van der Waals surface area (Å²) in [5, 5.41) is 28.5. The molecular formula is C11H10N4O4S2. The highest BCUT2D eigenvalue weighted by Crippen LogP contribution is 2.24. The number of amides is 1. The van der Waals surface area contributed by atoms with Crippen molar-refractivity contribution in [3.63, 3.8) is 0 Å². The van der Waals surface area contributed by atoms with Gasteiger partial charge in [0.05, 0.1) is 5.75 Å². The van der Waals surface area contributed by atoms with Crippen LogP contribution in [0, 0.1) is 0 Å². The SMILES string of the molecule is Nc1nnc(SCC(=O)Nc2ccc(O)c(C(=O)O)c2)s1. The van der Waals surface area contributed by atoms with Crippen LogP contribution in [0.25, 0.3) is 0 Å². The summed E-state index contributed by atoms with van der Waals surface area (Å²) in [6.07, 6.45) is 0. The van der Waals surface area contributed by atoms with Gasteiger partial charge in [0.15, 0.2) is 4.34 Å². The number of phenols is 1. The first kappa shape index (κ1) is 15.1. The molecule has 0 saturated carbocycles. The van der Waals surface area contributed by atoms with Gasteiger partial charge in [-0.15, -0.1) is 10.2 Å². The smallest absolute Gasteiger partial charge is 0.339 e. The summed E-state index contributed by atoms with van der Waals surface area (Å²) in [6, 6.07) is 3.80. The number of carbonyl (C=O) groups excluding carboxylic acids is 1. The molecule has 0 saturated heterocycles. The summed E-state index contributed by atoms with van der Waals surface area (Å²) in [6.45, 7) is 0. The average Bonchev–Trinajstić information content (AvgIpc) is 2.84. The fraction of sp³-hybridized carbons (Fsp3) is 0.0909. The topological polar surface area (TPSA) is 138 Å². The molecule has 0 aliphatic carbocycles. The molecule has 0 atom stereocenters. The molecule has 0 aliphatic rings. The van der Waals surface area contributed by atoms with Gasteiger partial charge in [-0.1, -0.05) is 23.1 Å². The zero-order chi connectivity index (χ0) is 15.4. The number of anilines is 2. The Morgan fingerprint density at radius 3 is 2.76 bits per heavy atom. The normalized spacial score (nSPS) is 10.3. The number of nitrogens with zero attached hydrogens (tertiary/aromatic N) is 2. The van der Waals surface area contributed by atoms with E-state index in [1.165, 1.54) is 41.3 Å². The minimum absolute atomic E-state index is 0.0813. The fourth-order valence-electron chi connectivity index (χ4n) is 1.39. The van der Waals surface area contributed by atoms with Gasteiger partial charge in [-0.2, -0.15) is 0 Å². The number of carboxylic acids is 1. The van der Waals surface area contributed by atoms with E-state index in [0.717, 1.165) is 0 Å². The third kappa shape index (κ3) is 4.07. The molecule has 0 spiro atoms. The number of thioether (sulfide) groups is 1. The van der Waals surface area contributed by atoms with Crippen molar-refractivity contribution in [3.05, 3.63) is 23.8 Å². The molecule has 1 amide bonds. The summed E-state index contributed by atoms with van der Waals surface area (Å²) >= 11 is 2.34. The Morgan fingerprint density at radius 1 is 1.38 bits per heavy atom. The van der Waals surface area contributed by atoms with Crippen molar-refractivity contribution < 1.29 is 19.8 Å². The van der Waals surface area contributed by atoms with Crippen LogP contribution in [0.5, 0.6) is 5.75 Å². The van der Waals surface area contributed by atoms with Gasteiger partial charge in [-0.05, 0) is 18.2 Å². The largest absolute Gasteiger partial charge is 0.507 e. The van der Waals surface area contributed by atoms with Crippen LogP contribution in [0.1, 0.15) is 10.4 Å². The van der Waals surface area contributed by atoms with E-state index in [9.17, 15) is 14.7 Å². The van der Waals surface area contributed by atoms with Crippen molar-refractivity contribution in [2.24, 2.45) is 0 Å². The van der Waals surface area contributed by atoms with Gasteiger partial charge in [-0.3, -0.25) is 4.79 Å². The second-order valence-corrected chi connectivity index (χ2v) is 6.01. The molecule has 0 unspecified atom stereocenters. The third-order valence-corrected chi connectivity index (χ3v) is 4.15. The zero-order valence-electron chi connectivity index (χ0n) is 10.4. The molecule has 110 valence electrons. The van der Waals surface area contributed by atoms with E-state index in [1.807, 2.05) is 0 Å². The number of carbonyl (C=O) groups is 2. The molecule has 0 bridgehead atoms. The van der Waals surface area contributed by atoms with Gasteiger partial charge in [0.25, 0.3) is 0 Å². The van der Waals surface area contributed by atoms with Gasteiger partial charge in [0.1, 0.15) is 11.3 Å². The van der Waals surface area contributed by atoms with E-state index in [1.54, 1.807) is 0 Å². The molecule has 0 radical (unpaired) electrons. The molecule has 21 heavy (non-hydrogen) atoms. The highest BCUT2D eigenvalue weighted by Gasteiger charge is 2.12. The Hall–Kier alpha value is -2.33. The number of benzene rings is 1. The number of nitrogens with one attached hydrogen (secondary N) is 1. The molecule has 0 fully saturated rings. The summed E-state index contributed by atoms with van der Waals surface area (Å²) < 4.78 is 0.569. The summed E-state index contributed by atoms with van der Waals surface area (Å²) in [4.78, 5) is 22.6. The number of aromatic hydroxyl groups is 1. The van der Waals surface area contributed by atoms with Crippen LogP contribution in [0.3, 0.4) is 0 Å². The molecule has 2 rings (SSSR count). The fourth-order valence-corrected chi connectivity index (χ4v) is 2.82. The zero-order valence-corrected chi connectivity index (χ0v) is 12.1. The second kappa shape index (κ2) is 6.41. The van der Waals surface area contributed by atoms with Crippen LogP contribution >= 0.6 is 23.1 Å². The quantitative estimate of drug-likeness (QED) is 0.476. The van der Waals surface area contributed by atoms with E-state index in [-0.39, 0.29) is 28.7 Å². The molecular weight excluding hydrogens is 316 g/mol. The van der Waals surface area contributed by atoms with Crippen LogP contribution in [0.2, 0.25) is 0 Å². The van der Waals surface area contributed by atoms with Crippen LogP contribution in [-0.2, 0) is 4.79 Å². The second-order valence-electron chi connectivity index (χ2n) is 3.78. The minimum atomic E-state index is -1.28. The summed E-state index contributed by atoms with van der Waals surface area (Å²) in [7, 11) is 0. The Balaban J connectivity index is 1.96. The number of aromatic nitrogens is 2. The van der Waals surface area contributed by atoms with Crippen LogP contribution in [-0.4, -0.2) is 38.0 Å². The highest BCUT2D eigenvalue weighted by molar-refractivity contribution is 8.01. The lowest BCUT2D eigenvalue weighted by Crippen LogP contribution is -2.14. The molecule has 1 aromatic heterocycles. The average molecular weight is 326 g/mol. The van der Waals surface area contributed by atoms with E-state index >= 15 is 0 Å². The van der Waals surface area contributed by atoms with Crippen molar-refractivity contribution in [2.75, 3.05) is 16.8 Å². The van der Waals surface area contributed by atoms with Gasteiger partial charge in [-0.25, -0.2) is 4.79 Å². The van der Waals surface area contributed by atoms with Crippen molar-refractivity contribution >= 4 is 45.8 Å². The van der Waals surface area contributed by atoms with Crippen LogP contribution in [0.4, 0.5) is 10.8 Å². The lowest BCUT2D eigenvalue weighted by atomic mass is 10.2. The summed E-state index contributed by atoms with van der Waals surface area (Å²) in [5.41, 5.74) is 5.42. The Bertz CT molecular complexity index is 689. The van der Waals surface area contributed by atoms with E-state index in [4.69, 9.17) is 10.8 Å². The number of hydrogen-bond donors (Lipinski definition) is 4. The number of hydrogen-bond acceptors (Lipinski definition) is 8. The Morgan fingerprint density at radius 2 is 2.14 bits per heavy atom. The molecule has 8 nitrogen and oxygen atoms in total. The first-order valence-corrected chi connectivity index (χ1v) is 7.34. The van der Waals surface area contributed by atoms with E-state index < -0.39 is 5.97 Å². The molecule has 1 aromatic carbocycles. The maximum Gasteiger partial charge on any atom is 0.339 e. The molecule has 5 N–H and O–H groups in total. The first-order valence-electron chi connectivity index (χ1n) is 5.53. The van der Waals surface area contributed by atoms with E-state index in [2.05, 4.69) is 15.5 Å². The molecule has 0 aliphatic heterocycles. The predicted octanol–water partition coefficient (Wildman–Crippen LogP) is 1.25. The lowest BCUT2D eigenvalue weighted by molar-refractivity contribution is -0.113. The summed E-state index contributed by atoms with van der Waals surface area (Å²) in [5.74, 6) is -1.89. The highest BCUT2D eigenvalue weighted by atomic mass is 32.2. The molecule has 2 aromatic rings. The van der Waals surface area contributed by atoms with Gasteiger partial charge >= 0.3 is 5.97 Å². The van der Waals surface area contributed by atoms with Crippen molar-refractivity contribution in [1.29, 1.82) is 0 Å². The van der Waals surface area contributed by atoms with E-state index in [0.29, 0.717) is 9.47 Å². The number of carboxylic acid groups (broad SMARTS) is 1.